The number of hydrogen-bond donors (Lipinski definition) is 0. The Hall–Kier alpha value is -3.54. The fourth-order valence-electron chi connectivity index (χ4n) is 3.30. The van der Waals surface area contributed by atoms with Gasteiger partial charge in [0, 0.05) is 30.0 Å². The van der Waals surface area contributed by atoms with Crippen molar-refractivity contribution in [2.75, 3.05) is 4.90 Å². The molecule has 1 saturated carbocycles. The summed E-state index contributed by atoms with van der Waals surface area (Å²) in [6.45, 7) is 0. The van der Waals surface area contributed by atoms with Crippen LogP contribution in [0.1, 0.15) is 23.2 Å². The van der Waals surface area contributed by atoms with E-state index in [0.29, 0.717) is 5.56 Å². The zero-order valence-electron chi connectivity index (χ0n) is 14.6. The van der Waals surface area contributed by atoms with Gasteiger partial charge in [0.05, 0.1) is 34.8 Å². The molecule has 6 heteroatoms. The highest BCUT2D eigenvalue weighted by atomic mass is 16.2. The number of nitrogens with zero attached hydrogens (tertiary/aromatic N) is 5. The molecule has 4 aromatic rings. The minimum absolute atomic E-state index is 0.0122. The van der Waals surface area contributed by atoms with E-state index in [2.05, 4.69) is 15.1 Å². The van der Waals surface area contributed by atoms with Crippen molar-refractivity contribution < 1.29 is 4.79 Å². The summed E-state index contributed by atoms with van der Waals surface area (Å²) < 4.78 is 1.76. The average molecular weight is 355 g/mol. The van der Waals surface area contributed by atoms with Crippen molar-refractivity contribution in [3.05, 3.63) is 79.0 Å². The maximum absolute atomic E-state index is 13.4. The molecule has 3 heterocycles. The van der Waals surface area contributed by atoms with Crippen molar-refractivity contribution in [3.8, 4) is 5.69 Å². The lowest BCUT2D eigenvalue weighted by atomic mass is 10.1. The van der Waals surface area contributed by atoms with E-state index in [1.165, 1.54) is 0 Å². The molecule has 0 radical (unpaired) electrons. The molecular weight excluding hydrogens is 338 g/mol. The van der Waals surface area contributed by atoms with E-state index >= 15 is 0 Å². The second-order valence-corrected chi connectivity index (χ2v) is 6.64. The van der Waals surface area contributed by atoms with Crippen LogP contribution in [0.15, 0.2) is 73.4 Å². The first kappa shape index (κ1) is 15.7. The van der Waals surface area contributed by atoms with Gasteiger partial charge < -0.3 is 4.90 Å². The Bertz CT molecular complexity index is 1100. The number of anilines is 1. The second-order valence-electron chi connectivity index (χ2n) is 6.64. The van der Waals surface area contributed by atoms with Crippen molar-refractivity contribution in [2.45, 2.75) is 18.9 Å². The molecule has 0 saturated heterocycles. The number of fused-ring (bicyclic) bond motifs is 1. The molecule has 6 nitrogen and oxygen atoms in total. The molecule has 0 bridgehead atoms. The third-order valence-corrected chi connectivity index (χ3v) is 4.75. The number of aromatic nitrogens is 4. The normalized spacial score (nSPS) is 13.6. The zero-order chi connectivity index (χ0) is 18.2. The van der Waals surface area contributed by atoms with E-state index in [1.54, 1.807) is 29.5 Å². The van der Waals surface area contributed by atoms with Gasteiger partial charge in [-0.05, 0) is 49.2 Å². The van der Waals surface area contributed by atoms with Crippen molar-refractivity contribution in [1.82, 2.24) is 19.7 Å². The molecule has 0 atom stereocenters. The molecule has 0 unspecified atom stereocenters. The Balaban J connectivity index is 1.60. The third kappa shape index (κ3) is 2.85. The van der Waals surface area contributed by atoms with Crippen LogP contribution in [0.5, 0.6) is 0 Å². The number of carbonyl (C=O) groups excluding carboxylic acids is 1. The Morgan fingerprint density at radius 3 is 2.52 bits per heavy atom. The predicted octanol–water partition coefficient (Wildman–Crippen LogP) is 3.62. The molecule has 132 valence electrons. The molecule has 3 aromatic heterocycles. The van der Waals surface area contributed by atoms with Crippen LogP contribution >= 0.6 is 0 Å². The molecule has 27 heavy (non-hydrogen) atoms. The van der Waals surface area contributed by atoms with Gasteiger partial charge in [0.1, 0.15) is 0 Å². The van der Waals surface area contributed by atoms with Gasteiger partial charge in [0.2, 0.25) is 0 Å². The summed E-state index contributed by atoms with van der Waals surface area (Å²) in [5.41, 5.74) is 3.13. The first-order valence-corrected chi connectivity index (χ1v) is 8.93. The quantitative estimate of drug-likeness (QED) is 0.561. The lowest BCUT2D eigenvalue weighted by molar-refractivity contribution is 0.0987. The summed E-state index contributed by atoms with van der Waals surface area (Å²) in [5.74, 6) is -0.0122. The first-order chi connectivity index (χ1) is 13.3. The molecule has 1 aromatic carbocycles. The van der Waals surface area contributed by atoms with Gasteiger partial charge in [0.15, 0.2) is 0 Å². The zero-order valence-corrected chi connectivity index (χ0v) is 14.6. The largest absolute Gasteiger partial charge is 0.304 e. The maximum atomic E-state index is 13.4. The Kier molecular flexibility index (Phi) is 3.67. The fraction of sp³-hybridized carbons (Fsp3) is 0.143. The molecule has 1 fully saturated rings. The molecule has 0 N–H and O–H groups in total. The summed E-state index contributed by atoms with van der Waals surface area (Å²) in [6, 6.07) is 13.5. The van der Waals surface area contributed by atoms with Gasteiger partial charge in [-0.3, -0.25) is 14.8 Å². The summed E-state index contributed by atoms with van der Waals surface area (Å²) in [4.78, 5) is 23.6. The number of hydrogen-bond acceptors (Lipinski definition) is 4. The van der Waals surface area contributed by atoms with Crippen LogP contribution < -0.4 is 4.90 Å². The van der Waals surface area contributed by atoms with E-state index in [0.717, 1.165) is 35.1 Å². The summed E-state index contributed by atoms with van der Waals surface area (Å²) in [7, 11) is 0. The van der Waals surface area contributed by atoms with Crippen LogP contribution in [-0.4, -0.2) is 31.7 Å². The highest BCUT2D eigenvalue weighted by molar-refractivity contribution is 6.14. The summed E-state index contributed by atoms with van der Waals surface area (Å²) in [6.07, 6.45) is 10.9. The molecule has 1 amide bonds. The van der Waals surface area contributed by atoms with Gasteiger partial charge in [-0.25, -0.2) is 4.68 Å². The number of carbonyl (C=O) groups is 1. The lowest BCUT2D eigenvalue weighted by Crippen LogP contribution is -2.33. The minimum atomic E-state index is -0.0122. The molecule has 5 rings (SSSR count). The van der Waals surface area contributed by atoms with Crippen LogP contribution in [-0.2, 0) is 0 Å². The van der Waals surface area contributed by atoms with E-state index in [9.17, 15) is 4.79 Å². The lowest BCUT2D eigenvalue weighted by Gasteiger charge is -2.22. The number of amides is 1. The molecule has 1 aliphatic carbocycles. The molecular formula is C21H17N5O. The van der Waals surface area contributed by atoms with E-state index in [1.807, 2.05) is 53.6 Å². The Labute approximate surface area is 156 Å². The highest BCUT2D eigenvalue weighted by Crippen LogP contribution is 2.33. The van der Waals surface area contributed by atoms with Crippen LogP contribution in [0.2, 0.25) is 0 Å². The highest BCUT2D eigenvalue weighted by Gasteiger charge is 2.35. The third-order valence-electron chi connectivity index (χ3n) is 4.75. The molecule has 0 aliphatic heterocycles. The number of benzene rings is 1. The van der Waals surface area contributed by atoms with Gasteiger partial charge in [-0.2, -0.15) is 5.10 Å². The smallest absolute Gasteiger partial charge is 0.259 e. The van der Waals surface area contributed by atoms with Crippen molar-refractivity contribution in [3.63, 3.8) is 0 Å². The Morgan fingerprint density at radius 1 is 1.00 bits per heavy atom. The van der Waals surface area contributed by atoms with Crippen molar-refractivity contribution in [2.24, 2.45) is 0 Å². The van der Waals surface area contributed by atoms with Gasteiger partial charge in [-0.1, -0.05) is 6.07 Å². The SMILES string of the molecule is O=C(c1cccc2nn(-c3cccnc3)cc12)N(c1cccnc1)C1CC1. The van der Waals surface area contributed by atoms with E-state index in [4.69, 9.17) is 0 Å². The fourth-order valence-corrected chi connectivity index (χ4v) is 3.30. The topological polar surface area (TPSA) is 63.9 Å². The minimum Gasteiger partial charge on any atom is -0.304 e. The first-order valence-electron chi connectivity index (χ1n) is 8.93. The maximum Gasteiger partial charge on any atom is 0.259 e. The van der Waals surface area contributed by atoms with Gasteiger partial charge in [-0.15, -0.1) is 0 Å². The average Bonchev–Trinajstić information content (AvgIpc) is 3.45. The monoisotopic (exact) mass is 355 g/mol. The standard InChI is InChI=1S/C21H17N5O/c27-21(26(15-8-9-15)17-5-3-11-23-13-17)18-6-1-7-20-19(18)14-25(24-20)16-4-2-10-22-12-16/h1-7,10-15H,8-9H2. The number of pyridine rings is 2. The Morgan fingerprint density at radius 2 is 1.81 bits per heavy atom. The summed E-state index contributed by atoms with van der Waals surface area (Å²) in [5, 5.41) is 5.45. The van der Waals surface area contributed by atoms with Crippen molar-refractivity contribution >= 4 is 22.5 Å². The van der Waals surface area contributed by atoms with E-state index in [-0.39, 0.29) is 11.9 Å². The van der Waals surface area contributed by atoms with Crippen LogP contribution in [0.25, 0.3) is 16.6 Å². The second kappa shape index (κ2) is 6.32. The predicted molar refractivity (Wildman–Crippen MR) is 103 cm³/mol. The van der Waals surface area contributed by atoms with E-state index < -0.39 is 0 Å². The molecule has 1 aliphatic rings. The molecule has 0 spiro atoms. The van der Waals surface area contributed by atoms with Crippen LogP contribution in [0, 0.1) is 0 Å². The van der Waals surface area contributed by atoms with Gasteiger partial charge >= 0.3 is 0 Å². The van der Waals surface area contributed by atoms with Crippen molar-refractivity contribution in [1.29, 1.82) is 0 Å². The van der Waals surface area contributed by atoms with Crippen LogP contribution in [0.4, 0.5) is 5.69 Å². The summed E-state index contributed by atoms with van der Waals surface area (Å²) >= 11 is 0. The van der Waals surface area contributed by atoms with Gasteiger partial charge in [0.25, 0.3) is 5.91 Å². The number of rotatable bonds is 4. The van der Waals surface area contributed by atoms with Crippen LogP contribution in [0.3, 0.4) is 0 Å².